The van der Waals surface area contributed by atoms with Crippen LogP contribution in [0.2, 0.25) is 0 Å². The number of amides is 1. The van der Waals surface area contributed by atoms with Crippen molar-refractivity contribution in [3.63, 3.8) is 0 Å². The second kappa shape index (κ2) is 5.43. The van der Waals surface area contributed by atoms with Crippen LogP contribution in [-0.2, 0) is 9.84 Å². The highest BCUT2D eigenvalue weighted by Crippen LogP contribution is 2.16. The van der Waals surface area contributed by atoms with Crippen LogP contribution in [0.3, 0.4) is 0 Å². The van der Waals surface area contributed by atoms with E-state index in [1.807, 2.05) is 0 Å². The highest BCUT2D eigenvalue weighted by atomic mass is 32.2. The normalized spacial score (nSPS) is 18.8. The van der Waals surface area contributed by atoms with E-state index in [0.29, 0.717) is 12.1 Å². The molecule has 1 saturated heterocycles. The zero-order chi connectivity index (χ0) is 14.9. The van der Waals surface area contributed by atoms with Crippen LogP contribution < -0.4 is 5.32 Å². The van der Waals surface area contributed by atoms with Gasteiger partial charge in [0.1, 0.15) is 9.84 Å². The summed E-state index contributed by atoms with van der Waals surface area (Å²) in [6.45, 7) is 0. The van der Waals surface area contributed by atoms with E-state index in [9.17, 15) is 26.4 Å². The molecule has 1 N–H and O–H groups in total. The molecule has 0 spiro atoms. The van der Waals surface area contributed by atoms with Crippen molar-refractivity contribution in [2.45, 2.75) is 18.9 Å². The van der Waals surface area contributed by atoms with Crippen molar-refractivity contribution in [2.75, 3.05) is 11.5 Å². The summed E-state index contributed by atoms with van der Waals surface area (Å²) in [5.74, 6) is -5.35. The van der Waals surface area contributed by atoms with Gasteiger partial charge in [-0.05, 0) is 25.0 Å². The lowest BCUT2D eigenvalue weighted by Gasteiger charge is -2.23. The van der Waals surface area contributed by atoms with Crippen LogP contribution in [-0.4, -0.2) is 31.9 Å². The van der Waals surface area contributed by atoms with Gasteiger partial charge in [0.25, 0.3) is 5.91 Å². The molecule has 1 aromatic rings. The van der Waals surface area contributed by atoms with E-state index in [-0.39, 0.29) is 36.0 Å². The molecule has 0 aliphatic carbocycles. The van der Waals surface area contributed by atoms with Gasteiger partial charge >= 0.3 is 0 Å². The van der Waals surface area contributed by atoms with Gasteiger partial charge in [-0.3, -0.25) is 4.79 Å². The van der Waals surface area contributed by atoms with Crippen LogP contribution in [0, 0.1) is 17.5 Å². The standard InChI is InChI=1S/C12H12F3NO3S/c13-9-5-7(6-10(14)11(9)15)12(17)16-8-1-3-20(18,19)4-2-8/h5-6,8H,1-4H2,(H,16,17). The van der Waals surface area contributed by atoms with E-state index in [2.05, 4.69) is 5.32 Å². The Morgan fingerprint density at radius 2 is 1.60 bits per heavy atom. The molecule has 0 unspecified atom stereocenters. The monoisotopic (exact) mass is 307 g/mol. The summed E-state index contributed by atoms with van der Waals surface area (Å²) >= 11 is 0. The molecule has 4 nitrogen and oxygen atoms in total. The third kappa shape index (κ3) is 3.30. The zero-order valence-electron chi connectivity index (χ0n) is 10.3. The highest BCUT2D eigenvalue weighted by molar-refractivity contribution is 7.91. The lowest BCUT2D eigenvalue weighted by molar-refractivity contribution is 0.0933. The minimum atomic E-state index is -3.06. The molecule has 0 bridgehead atoms. The van der Waals surface area contributed by atoms with Gasteiger partial charge in [-0.2, -0.15) is 0 Å². The molecule has 0 saturated carbocycles. The van der Waals surface area contributed by atoms with Crippen molar-refractivity contribution in [3.05, 3.63) is 35.1 Å². The summed E-state index contributed by atoms with van der Waals surface area (Å²) in [7, 11) is -3.06. The van der Waals surface area contributed by atoms with Gasteiger partial charge in [-0.15, -0.1) is 0 Å². The van der Waals surface area contributed by atoms with Crippen LogP contribution in [0.25, 0.3) is 0 Å². The molecule has 1 heterocycles. The van der Waals surface area contributed by atoms with Crippen molar-refractivity contribution >= 4 is 15.7 Å². The molecule has 8 heteroatoms. The Balaban J connectivity index is 2.06. The second-order valence-electron chi connectivity index (χ2n) is 4.65. The molecule has 1 fully saturated rings. The average molecular weight is 307 g/mol. The Kier molecular flexibility index (Phi) is 4.03. The Morgan fingerprint density at radius 3 is 2.10 bits per heavy atom. The largest absolute Gasteiger partial charge is 0.349 e. The smallest absolute Gasteiger partial charge is 0.251 e. The van der Waals surface area contributed by atoms with Crippen molar-refractivity contribution in [1.82, 2.24) is 5.32 Å². The fraction of sp³-hybridized carbons (Fsp3) is 0.417. The molecule has 0 atom stereocenters. The number of rotatable bonds is 2. The molecule has 1 aliphatic rings. The Morgan fingerprint density at radius 1 is 1.10 bits per heavy atom. The lowest BCUT2D eigenvalue weighted by atomic mass is 10.1. The maximum absolute atomic E-state index is 13.0. The Bertz CT molecular complexity index is 608. The highest BCUT2D eigenvalue weighted by Gasteiger charge is 2.25. The number of carbonyl (C=O) groups excluding carboxylic acids is 1. The van der Waals surface area contributed by atoms with Crippen molar-refractivity contribution in [3.8, 4) is 0 Å². The van der Waals surface area contributed by atoms with Gasteiger partial charge in [0.15, 0.2) is 17.5 Å². The minimum absolute atomic E-state index is 0.0376. The number of halogens is 3. The number of nitrogens with one attached hydrogen (secondary N) is 1. The molecule has 1 aromatic carbocycles. The molecule has 0 aromatic heterocycles. The fourth-order valence-corrected chi connectivity index (χ4v) is 3.48. The number of sulfone groups is 1. The molecule has 1 aliphatic heterocycles. The zero-order valence-corrected chi connectivity index (χ0v) is 11.1. The number of carbonyl (C=O) groups is 1. The summed E-state index contributed by atoms with van der Waals surface area (Å²) in [5, 5.41) is 2.49. The Hall–Kier alpha value is -1.57. The van der Waals surface area contributed by atoms with Gasteiger partial charge in [-0.1, -0.05) is 0 Å². The third-order valence-corrected chi connectivity index (χ3v) is 4.85. The minimum Gasteiger partial charge on any atom is -0.349 e. The van der Waals surface area contributed by atoms with Crippen LogP contribution in [0.15, 0.2) is 12.1 Å². The second-order valence-corrected chi connectivity index (χ2v) is 6.96. The maximum atomic E-state index is 13.0. The van der Waals surface area contributed by atoms with Gasteiger partial charge in [0.05, 0.1) is 11.5 Å². The van der Waals surface area contributed by atoms with Crippen molar-refractivity contribution in [1.29, 1.82) is 0 Å². The number of hydrogen-bond acceptors (Lipinski definition) is 3. The molecule has 110 valence electrons. The number of hydrogen-bond donors (Lipinski definition) is 1. The van der Waals surface area contributed by atoms with Crippen molar-refractivity contribution in [2.24, 2.45) is 0 Å². The topological polar surface area (TPSA) is 63.2 Å². The summed E-state index contributed by atoms with van der Waals surface area (Å²) in [6, 6.07) is 0.836. The van der Waals surface area contributed by atoms with E-state index < -0.39 is 33.2 Å². The van der Waals surface area contributed by atoms with Gasteiger partial charge in [0.2, 0.25) is 0 Å². The van der Waals surface area contributed by atoms with Gasteiger partial charge in [-0.25, -0.2) is 21.6 Å². The maximum Gasteiger partial charge on any atom is 0.251 e. The van der Waals surface area contributed by atoms with Crippen molar-refractivity contribution < 1.29 is 26.4 Å². The first-order valence-corrected chi connectivity index (χ1v) is 7.76. The first kappa shape index (κ1) is 14.8. The average Bonchev–Trinajstić information content (AvgIpc) is 2.37. The fourth-order valence-electron chi connectivity index (χ4n) is 1.99. The summed E-state index contributed by atoms with van der Waals surface area (Å²) < 4.78 is 61.2. The predicted molar refractivity (Wildman–Crippen MR) is 65.5 cm³/mol. The molecular weight excluding hydrogens is 295 g/mol. The van der Waals surface area contributed by atoms with E-state index in [1.165, 1.54) is 0 Å². The van der Waals surface area contributed by atoms with Crippen LogP contribution in [0.1, 0.15) is 23.2 Å². The molecular formula is C12H12F3NO3S. The van der Waals surface area contributed by atoms with E-state index in [4.69, 9.17) is 0 Å². The molecule has 1 amide bonds. The molecule has 20 heavy (non-hydrogen) atoms. The van der Waals surface area contributed by atoms with Gasteiger partial charge in [0, 0.05) is 11.6 Å². The molecule has 0 radical (unpaired) electrons. The van der Waals surface area contributed by atoms with E-state index in [1.54, 1.807) is 0 Å². The SMILES string of the molecule is O=C(NC1CCS(=O)(=O)CC1)c1cc(F)c(F)c(F)c1. The predicted octanol–water partition coefficient (Wildman–Crippen LogP) is 1.41. The van der Waals surface area contributed by atoms with E-state index in [0.717, 1.165) is 0 Å². The first-order chi connectivity index (χ1) is 9.28. The summed E-state index contributed by atoms with van der Waals surface area (Å²) in [5.41, 5.74) is -0.338. The summed E-state index contributed by atoms with van der Waals surface area (Å²) in [4.78, 5) is 11.8. The molecule has 2 rings (SSSR count). The first-order valence-electron chi connectivity index (χ1n) is 5.94. The third-order valence-electron chi connectivity index (χ3n) is 3.14. The number of benzene rings is 1. The van der Waals surface area contributed by atoms with Gasteiger partial charge < -0.3 is 5.32 Å². The lowest BCUT2D eigenvalue weighted by Crippen LogP contribution is -2.40. The summed E-state index contributed by atoms with van der Waals surface area (Å²) in [6.07, 6.45) is 0.500. The van der Waals surface area contributed by atoms with Crippen LogP contribution in [0.4, 0.5) is 13.2 Å². The van der Waals surface area contributed by atoms with Crippen LogP contribution >= 0.6 is 0 Å². The van der Waals surface area contributed by atoms with E-state index >= 15 is 0 Å². The van der Waals surface area contributed by atoms with Crippen LogP contribution in [0.5, 0.6) is 0 Å². The Labute approximate surface area is 113 Å². The quantitative estimate of drug-likeness (QED) is 0.840.